The van der Waals surface area contributed by atoms with Crippen molar-refractivity contribution in [3.8, 4) is 16.6 Å². The monoisotopic (exact) mass is 472 g/mol. The van der Waals surface area contributed by atoms with Crippen LogP contribution in [0.25, 0.3) is 10.6 Å². The molecule has 1 N–H and O–H groups in total. The molecule has 3 heterocycles. The van der Waals surface area contributed by atoms with Gasteiger partial charge in [-0.2, -0.15) is 5.26 Å². The highest BCUT2D eigenvalue weighted by Gasteiger charge is 2.24. The lowest BCUT2D eigenvalue weighted by atomic mass is 10.1. The molecule has 4 rings (SSSR count). The molecule has 1 saturated heterocycles. The number of rotatable bonds is 5. The minimum absolute atomic E-state index is 0.00284. The molecule has 0 radical (unpaired) electrons. The van der Waals surface area contributed by atoms with Gasteiger partial charge in [0, 0.05) is 24.0 Å². The molecule has 10 heteroatoms. The van der Waals surface area contributed by atoms with E-state index in [9.17, 15) is 13.2 Å². The van der Waals surface area contributed by atoms with Gasteiger partial charge < -0.3 is 4.90 Å². The normalized spacial score (nSPS) is 14.3. The SMILES string of the molecule is Cc1nc(-c2csc(S(=O)(=O)Nc3cccc(C#N)c3)c2)sc1C(=O)N1CCCCC1. The van der Waals surface area contributed by atoms with Crippen molar-refractivity contribution in [1.82, 2.24) is 9.88 Å². The fourth-order valence-electron chi connectivity index (χ4n) is 3.39. The molecule has 2 aromatic heterocycles. The average Bonchev–Trinajstić information content (AvgIpc) is 3.41. The number of benzene rings is 1. The van der Waals surface area contributed by atoms with Crippen LogP contribution in [0.2, 0.25) is 0 Å². The number of nitrogens with one attached hydrogen (secondary N) is 1. The summed E-state index contributed by atoms with van der Waals surface area (Å²) in [5.74, 6) is 0.00284. The van der Waals surface area contributed by atoms with Crippen molar-refractivity contribution < 1.29 is 13.2 Å². The lowest BCUT2D eigenvalue weighted by Crippen LogP contribution is -2.35. The van der Waals surface area contributed by atoms with E-state index in [-0.39, 0.29) is 10.1 Å². The molecule has 1 aromatic carbocycles. The predicted molar refractivity (Wildman–Crippen MR) is 122 cm³/mol. The van der Waals surface area contributed by atoms with Gasteiger partial charge in [-0.1, -0.05) is 6.07 Å². The Morgan fingerprint density at radius 3 is 2.74 bits per heavy atom. The maximum atomic E-state index is 12.9. The second kappa shape index (κ2) is 8.78. The zero-order valence-corrected chi connectivity index (χ0v) is 19.2. The molecule has 0 saturated carbocycles. The van der Waals surface area contributed by atoms with Crippen molar-refractivity contribution in [1.29, 1.82) is 5.26 Å². The van der Waals surface area contributed by atoms with E-state index >= 15 is 0 Å². The number of anilines is 1. The van der Waals surface area contributed by atoms with E-state index in [2.05, 4.69) is 9.71 Å². The number of likely N-dealkylation sites (tertiary alicyclic amines) is 1. The van der Waals surface area contributed by atoms with Crippen LogP contribution in [-0.2, 0) is 10.0 Å². The number of hydrogen-bond acceptors (Lipinski definition) is 7. The van der Waals surface area contributed by atoms with Gasteiger partial charge in [0.05, 0.1) is 23.0 Å². The zero-order valence-electron chi connectivity index (χ0n) is 16.8. The third-order valence-corrected chi connectivity index (χ3v) is 8.98. The standard InChI is InChI=1S/C21H20N4O3S3/c1-14-19(21(26)25-8-3-2-4-9-25)30-20(23-14)16-11-18(29-13-16)31(27,28)24-17-7-5-6-15(10-17)12-22/h5-7,10-11,13,24H,2-4,8-9H2,1H3. The van der Waals surface area contributed by atoms with Crippen molar-refractivity contribution in [3.05, 3.63) is 51.8 Å². The maximum absolute atomic E-state index is 12.9. The molecule has 160 valence electrons. The first-order valence-corrected chi connectivity index (χ1v) is 12.9. The lowest BCUT2D eigenvalue weighted by Gasteiger charge is -2.26. The summed E-state index contributed by atoms with van der Waals surface area (Å²) in [5, 5.41) is 11.4. The number of nitriles is 1. The number of nitrogens with zero attached hydrogens (tertiary/aromatic N) is 3. The summed E-state index contributed by atoms with van der Waals surface area (Å²) in [6.07, 6.45) is 3.19. The van der Waals surface area contributed by atoms with Crippen molar-refractivity contribution in [2.24, 2.45) is 0 Å². The molecule has 1 fully saturated rings. The third-order valence-electron chi connectivity index (χ3n) is 4.97. The number of piperidine rings is 1. The second-order valence-corrected chi connectivity index (χ2v) is 11.1. The van der Waals surface area contributed by atoms with E-state index in [0.29, 0.717) is 32.4 Å². The molecule has 0 bridgehead atoms. The summed E-state index contributed by atoms with van der Waals surface area (Å²) in [7, 11) is -3.80. The first-order chi connectivity index (χ1) is 14.9. The third kappa shape index (κ3) is 4.63. The van der Waals surface area contributed by atoms with Crippen LogP contribution in [-0.4, -0.2) is 37.3 Å². The highest BCUT2D eigenvalue weighted by molar-refractivity contribution is 7.94. The molecular formula is C21H20N4O3S3. The first-order valence-electron chi connectivity index (χ1n) is 9.76. The fraction of sp³-hybridized carbons (Fsp3) is 0.286. The minimum atomic E-state index is -3.80. The second-order valence-electron chi connectivity index (χ2n) is 7.24. The average molecular weight is 473 g/mol. The van der Waals surface area contributed by atoms with E-state index in [0.717, 1.165) is 43.7 Å². The minimum Gasteiger partial charge on any atom is -0.338 e. The van der Waals surface area contributed by atoms with E-state index in [1.165, 1.54) is 17.4 Å². The first kappa shape index (κ1) is 21.5. The van der Waals surface area contributed by atoms with Gasteiger partial charge in [0.2, 0.25) is 0 Å². The molecule has 7 nitrogen and oxygen atoms in total. The lowest BCUT2D eigenvalue weighted by molar-refractivity contribution is 0.0728. The van der Waals surface area contributed by atoms with Crippen LogP contribution < -0.4 is 4.72 Å². The Hall–Kier alpha value is -2.74. The molecule has 0 atom stereocenters. The van der Waals surface area contributed by atoms with Gasteiger partial charge in [0.15, 0.2) is 0 Å². The van der Waals surface area contributed by atoms with Crippen molar-refractivity contribution in [2.75, 3.05) is 17.8 Å². The number of carbonyl (C=O) groups excluding carboxylic acids is 1. The molecular weight excluding hydrogens is 452 g/mol. The molecule has 1 aliphatic heterocycles. The number of aryl methyl sites for hydroxylation is 1. The topological polar surface area (TPSA) is 103 Å². The summed E-state index contributed by atoms with van der Waals surface area (Å²) in [6.45, 7) is 3.35. The number of carbonyl (C=O) groups is 1. The number of hydrogen-bond donors (Lipinski definition) is 1. The largest absolute Gasteiger partial charge is 0.338 e. The van der Waals surface area contributed by atoms with Crippen molar-refractivity contribution >= 4 is 44.3 Å². The van der Waals surface area contributed by atoms with Crippen LogP contribution >= 0.6 is 22.7 Å². The van der Waals surface area contributed by atoms with Gasteiger partial charge >= 0.3 is 0 Å². The molecule has 0 aliphatic carbocycles. The summed E-state index contributed by atoms with van der Waals surface area (Å²) < 4.78 is 28.2. The molecule has 1 aliphatic rings. The number of thiazole rings is 1. The number of aromatic nitrogens is 1. The Balaban J connectivity index is 1.56. The Bertz CT molecular complexity index is 1270. The van der Waals surface area contributed by atoms with Crippen molar-refractivity contribution in [3.63, 3.8) is 0 Å². The Morgan fingerprint density at radius 1 is 1.23 bits per heavy atom. The number of amides is 1. The van der Waals surface area contributed by atoms with Gasteiger partial charge in [-0.15, -0.1) is 22.7 Å². The summed E-state index contributed by atoms with van der Waals surface area (Å²) in [4.78, 5) is 19.9. The number of sulfonamides is 1. The van der Waals surface area contributed by atoms with Crippen LogP contribution in [0.5, 0.6) is 0 Å². The molecule has 1 amide bonds. The van der Waals surface area contributed by atoms with E-state index in [1.807, 2.05) is 17.9 Å². The summed E-state index contributed by atoms with van der Waals surface area (Å²) in [6, 6.07) is 9.85. The van der Waals surface area contributed by atoms with Crippen molar-refractivity contribution in [2.45, 2.75) is 30.4 Å². The van der Waals surface area contributed by atoms with Gasteiger partial charge in [-0.25, -0.2) is 13.4 Å². The Morgan fingerprint density at radius 2 is 2.00 bits per heavy atom. The zero-order chi connectivity index (χ0) is 22.0. The van der Waals surface area contributed by atoms with Gasteiger partial charge in [-0.05, 0) is 50.5 Å². The van der Waals surface area contributed by atoms with Crippen LogP contribution in [0.1, 0.15) is 40.2 Å². The van der Waals surface area contributed by atoms with E-state index < -0.39 is 10.0 Å². The summed E-state index contributed by atoms with van der Waals surface area (Å²) >= 11 is 2.39. The highest BCUT2D eigenvalue weighted by atomic mass is 32.2. The van der Waals surface area contributed by atoms with Gasteiger partial charge in [0.25, 0.3) is 15.9 Å². The molecule has 3 aromatic rings. The maximum Gasteiger partial charge on any atom is 0.271 e. The smallest absolute Gasteiger partial charge is 0.271 e. The van der Waals surface area contributed by atoms with Crippen LogP contribution in [0.4, 0.5) is 5.69 Å². The molecule has 0 spiro atoms. The predicted octanol–water partition coefficient (Wildman–Crippen LogP) is 4.48. The van der Waals surface area contributed by atoms with E-state index in [4.69, 9.17) is 5.26 Å². The Labute approximate surface area is 189 Å². The van der Waals surface area contributed by atoms with Crippen LogP contribution in [0.15, 0.2) is 39.9 Å². The van der Waals surface area contributed by atoms with Gasteiger partial charge in [-0.3, -0.25) is 9.52 Å². The van der Waals surface area contributed by atoms with Gasteiger partial charge in [0.1, 0.15) is 14.1 Å². The van der Waals surface area contributed by atoms with Crippen LogP contribution in [0.3, 0.4) is 0 Å². The van der Waals surface area contributed by atoms with E-state index in [1.54, 1.807) is 29.6 Å². The summed E-state index contributed by atoms with van der Waals surface area (Å²) in [5.41, 5.74) is 2.03. The quantitative estimate of drug-likeness (QED) is 0.590. The fourth-order valence-corrected chi connectivity index (χ4v) is 6.70. The number of thiophene rings is 1. The highest BCUT2D eigenvalue weighted by Crippen LogP contribution is 2.34. The molecule has 0 unspecified atom stereocenters. The molecule has 31 heavy (non-hydrogen) atoms. The van der Waals surface area contributed by atoms with Crippen LogP contribution in [0, 0.1) is 18.3 Å². The Kier molecular flexibility index (Phi) is 6.09.